The Balaban J connectivity index is 1.83. The zero-order valence-electron chi connectivity index (χ0n) is 11.7. The van der Waals surface area contributed by atoms with E-state index >= 15 is 0 Å². The molecule has 3 rings (SSSR count). The highest BCUT2D eigenvalue weighted by Gasteiger charge is 2.30. The number of carboxylic acid groups (broad SMARTS) is 1. The van der Waals surface area contributed by atoms with Gasteiger partial charge in [0.2, 0.25) is 0 Å². The molecule has 6 heteroatoms. The van der Waals surface area contributed by atoms with E-state index in [9.17, 15) is 9.59 Å². The van der Waals surface area contributed by atoms with Gasteiger partial charge in [0.25, 0.3) is 5.91 Å². The Morgan fingerprint density at radius 3 is 3.05 bits per heavy atom. The minimum absolute atomic E-state index is 0.102. The van der Waals surface area contributed by atoms with Crippen molar-refractivity contribution in [2.75, 3.05) is 31.6 Å². The molecule has 0 bridgehead atoms. The van der Waals surface area contributed by atoms with E-state index in [0.717, 1.165) is 30.6 Å². The third-order valence-electron chi connectivity index (χ3n) is 3.95. The van der Waals surface area contributed by atoms with E-state index < -0.39 is 12.1 Å². The summed E-state index contributed by atoms with van der Waals surface area (Å²) in [6, 6.07) is 5.66. The minimum atomic E-state index is -1.02. The lowest BCUT2D eigenvalue weighted by Gasteiger charge is -2.32. The molecule has 112 valence electrons. The number of carbonyl (C=O) groups excluding carboxylic acids is 1. The average molecular weight is 290 g/mol. The Kier molecular flexibility index (Phi) is 3.79. The predicted octanol–water partition coefficient (Wildman–Crippen LogP) is 0.970. The third-order valence-corrected chi connectivity index (χ3v) is 3.95. The van der Waals surface area contributed by atoms with E-state index in [1.165, 1.54) is 0 Å². The van der Waals surface area contributed by atoms with Crippen LogP contribution in [0.2, 0.25) is 0 Å². The van der Waals surface area contributed by atoms with Crippen LogP contribution in [0.25, 0.3) is 0 Å². The van der Waals surface area contributed by atoms with Gasteiger partial charge in [-0.05, 0) is 30.5 Å². The van der Waals surface area contributed by atoms with E-state index in [1.807, 2.05) is 18.2 Å². The van der Waals surface area contributed by atoms with Gasteiger partial charge in [-0.1, -0.05) is 6.07 Å². The highest BCUT2D eigenvalue weighted by molar-refractivity contribution is 5.97. The summed E-state index contributed by atoms with van der Waals surface area (Å²) < 4.78 is 5.16. The fourth-order valence-electron chi connectivity index (χ4n) is 2.86. The summed E-state index contributed by atoms with van der Waals surface area (Å²) in [4.78, 5) is 25.3. The molecule has 1 amide bonds. The van der Waals surface area contributed by atoms with Crippen LogP contribution in [0.4, 0.5) is 5.69 Å². The topological polar surface area (TPSA) is 78.9 Å². The Morgan fingerprint density at radius 1 is 1.38 bits per heavy atom. The van der Waals surface area contributed by atoms with E-state index in [1.54, 1.807) is 4.90 Å². The molecule has 1 unspecified atom stereocenters. The molecule has 0 aromatic heterocycles. The number of hydrogen-bond acceptors (Lipinski definition) is 4. The molecular formula is C15H18N2O4. The number of anilines is 1. The first-order valence-corrected chi connectivity index (χ1v) is 7.16. The highest BCUT2D eigenvalue weighted by Crippen LogP contribution is 2.26. The number of nitrogens with one attached hydrogen (secondary N) is 1. The number of benzene rings is 1. The number of carbonyl (C=O) groups is 2. The molecule has 2 aliphatic rings. The molecule has 0 aliphatic carbocycles. The van der Waals surface area contributed by atoms with E-state index in [-0.39, 0.29) is 19.1 Å². The first-order valence-electron chi connectivity index (χ1n) is 7.16. The molecule has 1 aromatic rings. The maximum Gasteiger partial charge on any atom is 0.334 e. The molecule has 0 radical (unpaired) electrons. The molecule has 1 aromatic carbocycles. The molecule has 2 heterocycles. The van der Waals surface area contributed by atoms with Crippen molar-refractivity contribution in [2.45, 2.75) is 18.9 Å². The number of aliphatic carboxylic acids is 1. The summed E-state index contributed by atoms with van der Waals surface area (Å²) >= 11 is 0. The predicted molar refractivity (Wildman–Crippen MR) is 76.5 cm³/mol. The maximum atomic E-state index is 12.7. The lowest BCUT2D eigenvalue weighted by Crippen LogP contribution is -2.48. The Bertz CT molecular complexity index is 573. The summed E-state index contributed by atoms with van der Waals surface area (Å²) in [5.74, 6) is -1.13. The lowest BCUT2D eigenvalue weighted by molar-refractivity contribution is -0.154. The standard InChI is InChI=1S/C15H18N2O4/c18-14(17-7-8-21-13(9-17)15(19)20)11-3-1-5-12-10(11)4-2-6-16-12/h1,3,5,13,16H,2,4,6-9H2,(H,19,20). The number of morpholine rings is 1. The smallest absolute Gasteiger partial charge is 0.334 e. The summed E-state index contributed by atoms with van der Waals surface area (Å²) in [6.07, 6.45) is 0.940. The Labute approximate surface area is 122 Å². The fourth-order valence-corrected chi connectivity index (χ4v) is 2.86. The van der Waals surface area contributed by atoms with Crippen LogP contribution in [0.3, 0.4) is 0 Å². The van der Waals surface area contributed by atoms with Crippen molar-refractivity contribution in [1.82, 2.24) is 4.90 Å². The first kappa shape index (κ1) is 13.9. The largest absolute Gasteiger partial charge is 0.479 e. The van der Waals surface area contributed by atoms with Crippen molar-refractivity contribution in [1.29, 1.82) is 0 Å². The van der Waals surface area contributed by atoms with Gasteiger partial charge in [0.15, 0.2) is 6.10 Å². The van der Waals surface area contributed by atoms with Gasteiger partial charge >= 0.3 is 5.97 Å². The summed E-state index contributed by atoms with van der Waals surface area (Å²) in [6.45, 7) is 1.71. The second-order valence-corrected chi connectivity index (χ2v) is 5.31. The van der Waals surface area contributed by atoms with Crippen LogP contribution < -0.4 is 5.32 Å². The summed E-state index contributed by atoms with van der Waals surface area (Å²) in [7, 11) is 0. The molecule has 2 aliphatic heterocycles. The number of fused-ring (bicyclic) bond motifs is 1. The van der Waals surface area contributed by atoms with Gasteiger partial charge in [-0.15, -0.1) is 0 Å². The number of ether oxygens (including phenoxy) is 1. The van der Waals surface area contributed by atoms with Crippen molar-refractivity contribution in [2.24, 2.45) is 0 Å². The van der Waals surface area contributed by atoms with Crippen LogP contribution in [0.1, 0.15) is 22.3 Å². The maximum absolute atomic E-state index is 12.7. The quantitative estimate of drug-likeness (QED) is 0.848. The van der Waals surface area contributed by atoms with Crippen LogP contribution in [0, 0.1) is 0 Å². The van der Waals surface area contributed by atoms with Crippen LogP contribution in [0.15, 0.2) is 18.2 Å². The molecule has 2 N–H and O–H groups in total. The number of amides is 1. The lowest BCUT2D eigenvalue weighted by atomic mass is 9.96. The SMILES string of the molecule is O=C(O)C1CN(C(=O)c2cccc3c2CCCN3)CCO1. The molecule has 1 saturated heterocycles. The molecule has 0 spiro atoms. The van der Waals surface area contributed by atoms with Crippen molar-refractivity contribution in [3.05, 3.63) is 29.3 Å². The van der Waals surface area contributed by atoms with Crippen LogP contribution in [0.5, 0.6) is 0 Å². The van der Waals surface area contributed by atoms with Crippen molar-refractivity contribution < 1.29 is 19.4 Å². The summed E-state index contributed by atoms with van der Waals surface area (Å²) in [5, 5.41) is 12.3. The van der Waals surface area contributed by atoms with Crippen LogP contribution in [-0.4, -0.2) is 54.2 Å². The van der Waals surface area contributed by atoms with Gasteiger partial charge in [-0.25, -0.2) is 4.79 Å². The molecule has 21 heavy (non-hydrogen) atoms. The van der Waals surface area contributed by atoms with Gasteiger partial charge in [-0.3, -0.25) is 4.79 Å². The van der Waals surface area contributed by atoms with Gasteiger partial charge in [-0.2, -0.15) is 0 Å². The average Bonchev–Trinajstić information content (AvgIpc) is 2.53. The molecule has 6 nitrogen and oxygen atoms in total. The second kappa shape index (κ2) is 5.73. The van der Waals surface area contributed by atoms with E-state index in [0.29, 0.717) is 12.1 Å². The van der Waals surface area contributed by atoms with Crippen molar-refractivity contribution in [3.63, 3.8) is 0 Å². The van der Waals surface area contributed by atoms with Crippen molar-refractivity contribution >= 4 is 17.6 Å². The third kappa shape index (κ3) is 2.71. The number of hydrogen-bond donors (Lipinski definition) is 2. The van der Waals surface area contributed by atoms with Gasteiger partial charge in [0.05, 0.1) is 13.2 Å². The number of rotatable bonds is 2. The molecule has 1 fully saturated rings. The van der Waals surface area contributed by atoms with Crippen LogP contribution >= 0.6 is 0 Å². The normalized spacial score (nSPS) is 21.3. The monoisotopic (exact) mass is 290 g/mol. The fraction of sp³-hybridized carbons (Fsp3) is 0.467. The Morgan fingerprint density at radius 2 is 2.24 bits per heavy atom. The zero-order chi connectivity index (χ0) is 14.8. The van der Waals surface area contributed by atoms with Gasteiger partial charge in [0.1, 0.15) is 0 Å². The Hall–Kier alpha value is -2.08. The van der Waals surface area contributed by atoms with E-state index in [2.05, 4.69) is 5.32 Å². The minimum Gasteiger partial charge on any atom is -0.479 e. The molecule has 1 atom stereocenters. The van der Waals surface area contributed by atoms with Gasteiger partial charge in [0, 0.05) is 24.3 Å². The number of nitrogens with zero attached hydrogens (tertiary/aromatic N) is 1. The molecule has 0 saturated carbocycles. The van der Waals surface area contributed by atoms with Gasteiger partial charge < -0.3 is 20.1 Å². The number of carboxylic acids is 1. The highest BCUT2D eigenvalue weighted by atomic mass is 16.5. The molecular weight excluding hydrogens is 272 g/mol. The van der Waals surface area contributed by atoms with E-state index in [4.69, 9.17) is 9.84 Å². The van der Waals surface area contributed by atoms with Crippen molar-refractivity contribution in [3.8, 4) is 0 Å². The second-order valence-electron chi connectivity index (χ2n) is 5.31. The van der Waals surface area contributed by atoms with Crippen LogP contribution in [-0.2, 0) is 16.0 Å². The first-order chi connectivity index (χ1) is 10.2. The zero-order valence-corrected chi connectivity index (χ0v) is 11.7. The summed E-state index contributed by atoms with van der Waals surface area (Å²) in [5.41, 5.74) is 2.72.